The van der Waals surface area contributed by atoms with Crippen LogP contribution in [0.1, 0.15) is 35.5 Å². The Morgan fingerprint density at radius 3 is 2.62 bits per heavy atom. The number of rotatable bonds is 8. The van der Waals surface area contributed by atoms with Crippen LogP contribution >= 0.6 is 12.2 Å². The molecule has 0 bridgehead atoms. The first-order valence-electron chi connectivity index (χ1n) is 12.2. The van der Waals surface area contributed by atoms with E-state index in [0.717, 1.165) is 34.1 Å². The number of nitrogens with zero attached hydrogens (tertiary/aromatic N) is 3. The summed E-state index contributed by atoms with van der Waals surface area (Å²) >= 11 is 5.80. The molecule has 4 aromatic rings. The molecule has 37 heavy (non-hydrogen) atoms. The number of pyridine rings is 1. The van der Waals surface area contributed by atoms with Crippen molar-refractivity contribution in [2.24, 2.45) is 0 Å². The maximum absolute atomic E-state index is 12.9. The summed E-state index contributed by atoms with van der Waals surface area (Å²) in [5.74, 6) is 0.712. The Labute approximate surface area is 222 Å². The molecule has 2 atom stereocenters. The van der Waals surface area contributed by atoms with Gasteiger partial charge in [0.15, 0.2) is 5.11 Å². The number of thiocarbonyl (C=S) groups is 1. The standard InChI is InChI=1S/C29H29N5O2S/c1-20-10-3-4-11-21(20)31-26(35)16-19-34-28(27(32-29(34)37)22-12-7-8-17-30-22)24-14-9-18-33(24)23-13-5-6-15-25(23)36-2/h3-15,17-18,27-28H,16,19H2,1-2H3,(H,31,35)(H,32,37)/t27-,28+/m0/s1. The summed E-state index contributed by atoms with van der Waals surface area (Å²) in [7, 11) is 1.67. The van der Waals surface area contributed by atoms with Crippen LogP contribution in [-0.2, 0) is 4.79 Å². The number of para-hydroxylation sites is 3. The van der Waals surface area contributed by atoms with Crippen LogP contribution in [-0.4, -0.2) is 39.1 Å². The van der Waals surface area contributed by atoms with Crippen LogP contribution in [0.25, 0.3) is 5.69 Å². The summed E-state index contributed by atoms with van der Waals surface area (Å²) in [6.07, 6.45) is 4.10. The Balaban J connectivity index is 1.47. The number of hydrogen-bond donors (Lipinski definition) is 2. The van der Waals surface area contributed by atoms with Gasteiger partial charge >= 0.3 is 0 Å². The minimum Gasteiger partial charge on any atom is -0.495 e. The molecule has 1 aliphatic heterocycles. The van der Waals surface area contributed by atoms with Crippen LogP contribution < -0.4 is 15.4 Å². The van der Waals surface area contributed by atoms with Crippen LogP contribution in [0.4, 0.5) is 5.69 Å². The third kappa shape index (κ3) is 5.06. The van der Waals surface area contributed by atoms with Crippen LogP contribution in [0.3, 0.4) is 0 Å². The highest BCUT2D eigenvalue weighted by Gasteiger charge is 2.41. The third-order valence-electron chi connectivity index (χ3n) is 6.62. The number of methoxy groups -OCH3 is 1. The highest BCUT2D eigenvalue weighted by Crippen LogP contribution is 2.40. The summed E-state index contributed by atoms with van der Waals surface area (Å²) < 4.78 is 7.77. The third-order valence-corrected chi connectivity index (χ3v) is 6.98. The Kier molecular flexibility index (Phi) is 7.18. The van der Waals surface area contributed by atoms with E-state index < -0.39 is 0 Å². The largest absolute Gasteiger partial charge is 0.495 e. The molecule has 1 amide bonds. The first kappa shape index (κ1) is 24.5. The fourth-order valence-electron chi connectivity index (χ4n) is 4.80. The molecule has 0 aliphatic carbocycles. The highest BCUT2D eigenvalue weighted by molar-refractivity contribution is 7.80. The fraction of sp³-hybridized carbons (Fsp3) is 0.207. The lowest BCUT2D eigenvalue weighted by Crippen LogP contribution is -2.33. The van der Waals surface area contributed by atoms with Gasteiger partial charge in [-0.1, -0.05) is 36.4 Å². The zero-order chi connectivity index (χ0) is 25.8. The van der Waals surface area contributed by atoms with Crippen LogP contribution in [0.2, 0.25) is 0 Å². The molecule has 3 heterocycles. The summed E-state index contributed by atoms with van der Waals surface area (Å²) in [6, 6.07) is 25.3. The van der Waals surface area contributed by atoms with Gasteiger partial charge in [-0.05, 0) is 67.2 Å². The molecule has 7 nitrogen and oxygen atoms in total. The number of aromatic nitrogens is 2. The quantitative estimate of drug-likeness (QED) is 0.317. The average Bonchev–Trinajstić information content (AvgIpc) is 3.53. The lowest BCUT2D eigenvalue weighted by Gasteiger charge is -2.29. The Hall–Kier alpha value is -4.17. The topological polar surface area (TPSA) is 71.4 Å². The Bertz CT molecular complexity index is 1400. The molecule has 188 valence electrons. The number of carbonyl (C=O) groups is 1. The second-order valence-electron chi connectivity index (χ2n) is 8.91. The van der Waals surface area contributed by atoms with Gasteiger partial charge in [-0.15, -0.1) is 0 Å². The van der Waals surface area contributed by atoms with Crippen LogP contribution in [0.5, 0.6) is 5.75 Å². The van der Waals surface area contributed by atoms with Crippen molar-refractivity contribution in [3.05, 3.63) is 108 Å². The van der Waals surface area contributed by atoms with E-state index in [1.807, 2.05) is 85.9 Å². The maximum atomic E-state index is 12.9. The predicted molar refractivity (Wildman–Crippen MR) is 149 cm³/mol. The monoisotopic (exact) mass is 511 g/mol. The molecule has 1 saturated heterocycles. The summed E-state index contributed by atoms with van der Waals surface area (Å²) in [6.45, 7) is 2.43. The molecule has 0 unspecified atom stereocenters. The zero-order valence-corrected chi connectivity index (χ0v) is 21.6. The fourth-order valence-corrected chi connectivity index (χ4v) is 5.13. The molecule has 1 aliphatic rings. The number of nitrogens with one attached hydrogen (secondary N) is 2. The van der Waals surface area contributed by atoms with Gasteiger partial charge < -0.3 is 24.8 Å². The molecule has 1 fully saturated rings. The van der Waals surface area contributed by atoms with E-state index >= 15 is 0 Å². The number of aryl methyl sites for hydroxylation is 1. The van der Waals surface area contributed by atoms with E-state index in [4.69, 9.17) is 17.0 Å². The van der Waals surface area contributed by atoms with Gasteiger partial charge in [0.25, 0.3) is 0 Å². The van der Waals surface area contributed by atoms with Gasteiger partial charge in [0.1, 0.15) is 5.75 Å². The van der Waals surface area contributed by atoms with E-state index in [2.05, 4.69) is 31.2 Å². The lowest BCUT2D eigenvalue weighted by molar-refractivity contribution is -0.116. The molecule has 0 saturated carbocycles. The smallest absolute Gasteiger partial charge is 0.226 e. The van der Waals surface area contributed by atoms with Crippen LogP contribution in [0, 0.1) is 6.92 Å². The molecule has 8 heteroatoms. The molecular weight excluding hydrogens is 482 g/mol. The number of amides is 1. The van der Waals surface area contributed by atoms with Crippen molar-refractivity contribution in [2.45, 2.75) is 25.4 Å². The van der Waals surface area contributed by atoms with Crippen molar-refractivity contribution in [1.29, 1.82) is 0 Å². The van der Waals surface area contributed by atoms with Gasteiger partial charge in [-0.2, -0.15) is 0 Å². The van der Waals surface area contributed by atoms with Gasteiger partial charge in [0.2, 0.25) is 5.91 Å². The normalized spacial score (nSPS) is 16.9. The highest BCUT2D eigenvalue weighted by atomic mass is 32.1. The van der Waals surface area contributed by atoms with Crippen molar-refractivity contribution in [3.8, 4) is 11.4 Å². The second kappa shape index (κ2) is 10.8. The van der Waals surface area contributed by atoms with E-state index in [1.54, 1.807) is 13.3 Å². The molecule has 5 rings (SSSR count). The number of anilines is 1. The van der Waals surface area contributed by atoms with E-state index in [9.17, 15) is 4.79 Å². The van der Waals surface area contributed by atoms with E-state index in [-0.39, 0.29) is 24.4 Å². The maximum Gasteiger partial charge on any atom is 0.226 e. The second-order valence-corrected chi connectivity index (χ2v) is 9.29. The van der Waals surface area contributed by atoms with E-state index in [1.165, 1.54) is 0 Å². The van der Waals surface area contributed by atoms with Crippen LogP contribution in [0.15, 0.2) is 91.3 Å². The lowest BCUT2D eigenvalue weighted by atomic mass is 10.0. The first-order chi connectivity index (χ1) is 18.1. The number of hydrogen-bond acceptors (Lipinski definition) is 4. The van der Waals surface area contributed by atoms with Crippen molar-refractivity contribution in [1.82, 2.24) is 19.8 Å². The molecule has 0 spiro atoms. The van der Waals surface area contributed by atoms with Gasteiger partial charge in [-0.25, -0.2) is 0 Å². The van der Waals surface area contributed by atoms with Crippen molar-refractivity contribution < 1.29 is 9.53 Å². The number of benzene rings is 2. The Morgan fingerprint density at radius 2 is 1.84 bits per heavy atom. The zero-order valence-electron chi connectivity index (χ0n) is 20.8. The molecule has 2 aromatic carbocycles. The van der Waals surface area contributed by atoms with Gasteiger partial charge in [0.05, 0.1) is 30.6 Å². The SMILES string of the molecule is COc1ccccc1-n1cccc1[C@@H]1[C@H](c2ccccn2)NC(=S)N1CCC(=O)Nc1ccccc1C. The average molecular weight is 512 g/mol. The first-order valence-corrected chi connectivity index (χ1v) is 12.6. The minimum atomic E-state index is -0.187. The molecule has 2 aromatic heterocycles. The van der Waals surface area contributed by atoms with Crippen molar-refractivity contribution >= 4 is 28.9 Å². The summed E-state index contributed by atoms with van der Waals surface area (Å²) in [4.78, 5) is 19.6. The van der Waals surface area contributed by atoms with Gasteiger partial charge in [-0.3, -0.25) is 9.78 Å². The molecular formula is C29H29N5O2S. The molecule has 0 radical (unpaired) electrons. The molecule has 2 N–H and O–H groups in total. The summed E-state index contributed by atoms with van der Waals surface area (Å²) in [5.41, 5.74) is 4.68. The van der Waals surface area contributed by atoms with E-state index in [0.29, 0.717) is 11.7 Å². The summed E-state index contributed by atoms with van der Waals surface area (Å²) in [5, 5.41) is 7.09. The number of ether oxygens (including phenoxy) is 1. The predicted octanol–water partition coefficient (Wildman–Crippen LogP) is 5.19. The number of carbonyl (C=O) groups excluding carboxylic acids is 1. The Morgan fingerprint density at radius 1 is 1.05 bits per heavy atom. The van der Waals surface area contributed by atoms with Crippen molar-refractivity contribution in [2.75, 3.05) is 19.0 Å². The van der Waals surface area contributed by atoms with Crippen molar-refractivity contribution in [3.63, 3.8) is 0 Å². The van der Waals surface area contributed by atoms with Gasteiger partial charge in [0, 0.05) is 36.7 Å². The minimum absolute atomic E-state index is 0.0581.